The van der Waals surface area contributed by atoms with E-state index in [2.05, 4.69) is 15.3 Å². The van der Waals surface area contributed by atoms with Gasteiger partial charge in [-0.05, 0) is 37.3 Å². The minimum Gasteiger partial charge on any atom is -0.458 e. The Bertz CT molecular complexity index is 1420. The molecule has 0 saturated heterocycles. The highest BCUT2D eigenvalue weighted by Gasteiger charge is 2.24. The number of aromatic nitrogens is 3. The zero-order valence-electron chi connectivity index (χ0n) is 18.2. The first-order chi connectivity index (χ1) is 16.0. The summed E-state index contributed by atoms with van der Waals surface area (Å²) in [6, 6.07) is 8.35. The average Bonchev–Trinajstić information content (AvgIpc) is 3.38. The molecule has 0 fully saturated rings. The number of carbonyl (C=O) groups is 2. The number of esters is 1. The van der Waals surface area contributed by atoms with Crippen LogP contribution in [0, 0.1) is 0 Å². The first-order valence-electron chi connectivity index (χ1n) is 11.0. The maximum atomic E-state index is 12.9. The maximum absolute atomic E-state index is 12.9. The molecule has 1 atom stereocenters. The lowest BCUT2D eigenvalue weighted by Gasteiger charge is -2.16. The van der Waals surface area contributed by atoms with Crippen LogP contribution < -0.4 is 10.9 Å². The van der Waals surface area contributed by atoms with Gasteiger partial charge in [-0.25, -0.2) is 9.78 Å². The van der Waals surface area contributed by atoms with Gasteiger partial charge in [-0.15, -0.1) is 11.3 Å². The molecule has 0 aliphatic heterocycles. The third-order valence-corrected chi connectivity index (χ3v) is 7.08. The Morgan fingerprint density at radius 1 is 1.27 bits per heavy atom. The number of hydrogen-bond donors (Lipinski definition) is 2. The molecule has 1 aliphatic carbocycles. The fraction of sp³-hybridized carbons (Fsp3) is 0.333. The number of ether oxygens (including phenoxy) is 1. The van der Waals surface area contributed by atoms with E-state index in [-0.39, 0.29) is 24.5 Å². The number of nitrogens with zero attached hydrogens (tertiary/aromatic N) is 2. The number of aryl methyl sites for hydroxylation is 2. The topological polar surface area (TPSA) is 106 Å². The summed E-state index contributed by atoms with van der Waals surface area (Å²) in [5.74, 6) is -0.887. The summed E-state index contributed by atoms with van der Waals surface area (Å²) >= 11 is 1.53. The molecule has 4 aromatic rings. The van der Waals surface area contributed by atoms with Crippen molar-refractivity contribution in [1.82, 2.24) is 19.7 Å². The molecule has 0 radical (unpaired) electrons. The molecular weight excluding hydrogens is 440 g/mol. The molecule has 2 N–H and O–H groups in total. The van der Waals surface area contributed by atoms with Gasteiger partial charge in [0.1, 0.15) is 12.6 Å². The summed E-state index contributed by atoms with van der Waals surface area (Å²) in [6.45, 7) is 1.24. The normalized spacial score (nSPS) is 14.2. The van der Waals surface area contributed by atoms with Gasteiger partial charge >= 0.3 is 5.97 Å². The SMILES string of the molecule is CC(=O)N[C@H](Cc1c[nH]c2ccccc12)C(=O)OCc1cc(=O)n2c3c(sc2n1)CCCC3. The van der Waals surface area contributed by atoms with Gasteiger partial charge in [-0.2, -0.15) is 0 Å². The van der Waals surface area contributed by atoms with Crippen LogP contribution >= 0.6 is 11.3 Å². The molecular formula is C24H24N4O4S. The Morgan fingerprint density at radius 2 is 2.09 bits per heavy atom. The Kier molecular flexibility index (Phi) is 5.72. The highest BCUT2D eigenvalue weighted by Crippen LogP contribution is 2.28. The third-order valence-electron chi connectivity index (χ3n) is 5.94. The molecule has 33 heavy (non-hydrogen) atoms. The van der Waals surface area contributed by atoms with Crippen molar-refractivity contribution in [3.05, 3.63) is 68.7 Å². The van der Waals surface area contributed by atoms with Gasteiger partial charge in [0, 0.05) is 47.1 Å². The van der Waals surface area contributed by atoms with Crippen molar-refractivity contribution in [2.45, 2.75) is 51.7 Å². The molecule has 0 saturated carbocycles. The van der Waals surface area contributed by atoms with Crippen LogP contribution in [0.3, 0.4) is 0 Å². The summed E-state index contributed by atoms with van der Waals surface area (Å²) in [4.78, 5) is 46.9. The number of carbonyl (C=O) groups excluding carboxylic acids is 2. The van der Waals surface area contributed by atoms with Crippen molar-refractivity contribution in [2.75, 3.05) is 0 Å². The van der Waals surface area contributed by atoms with Crippen molar-refractivity contribution < 1.29 is 14.3 Å². The molecule has 0 unspecified atom stereocenters. The molecule has 0 bridgehead atoms. The van der Waals surface area contributed by atoms with E-state index >= 15 is 0 Å². The van der Waals surface area contributed by atoms with Gasteiger partial charge in [0.05, 0.1) is 5.69 Å². The number of amides is 1. The Hall–Kier alpha value is -3.46. The molecule has 1 aliphatic rings. The van der Waals surface area contributed by atoms with Gasteiger partial charge in [0.15, 0.2) is 4.96 Å². The predicted octanol–water partition coefficient (Wildman–Crippen LogP) is 2.91. The molecule has 0 spiro atoms. The van der Waals surface area contributed by atoms with E-state index in [0.29, 0.717) is 10.7 Å². The second-order valence-electron chi connectivity index (χ2n) is 8.31. The van der Waals surface area contributed by atoms with Crippen LogP contribution in [0.4, 0.5) is 0 Å². The largest absolute Gasteiger partial charge is 0.458 e. The second-order valence-corrected chi connectivity index (χ2v) is 9.37. The van der Waals surface area contributed by atoms with Crippen molar-refractivity contribution in [2.24, 2.45) is 0 Å². The van der Waals surface area contributed by atoms with E-state index in [0.717, 1.165) is 47.8 Å². The highest BCUT2D eigenvalue weighted by molar-refractivity contribution is 7.17. The van der Waals surface area contributed by atoms with Gasteiger partial charge in [-0.1, -0.05) is 18.2 Å². The van der Waals surface area contributed by atoms with Crippen molar-refractivity contribution in [3.8, 4) is 0 Å². The van der Waals surface area contributed by atoms with E-state index in [9.17, 15) is 14.4 Å². The number of para-hydroxylation sites is 1. The van der Waals surface area contributed by atoms with E-state index in [1.54, 1.807) is 4.40 Å². The number of benzene rings is 1. The van der Waals surface area contributed by atoms with E-state index in [1.165, 1.54) is 29.2 Å². The number of fused-ring (bicyclic) bond motifs is 4. The molecule has 5 rings (SSSR count). The van der Waals surface area contributed by atoms with Crippen LogP contribution in [0.1, 0.15) is 41.6 Å². The first-order valence-corrected chi connectivity index (χ1v) is 11.8. The molecule has 3 heterocycles. The lowest BCUT2D eigenvalue weighted by molar-refractivity contribution is -0.149. The van der Waals surface area contributed by atoms with Crippen LogP contribution in [0.25, 0.3) is 15.9 Å². The van der Waals surface area contributed by atoms with E-state index < -0.39 is 12.0 Å². The lowest BCUT2D eigenvalue weighted by atomic mass is 10.0. The number of nitrogens with one attached hydrogen (secondary N) is 2. The second kappa shape index (κ2) is 8.82. The Morgan fingerprint density at radius 3 is 2.94 bits per heavy atom. The van der Waals surface area contributed by atoms with Crippen LogP contribution in [0.2, 0.25) is 0 Å². The predicted molar refractivity (Wildman–Crippen MR) is 125 cm³/mol. The third kappa shape index (κ3) is 4.28. The van der Waals surface area contributed by atoms with Crippen LogP contribution in [0.15, 0.2) is 41.3 Å². The maximum Gasteiger partial charge on any atom is 0.329 e. The number of rotatable bonds is 6. The number of thiazole rings is 1. The molecule has 9 heteroatoms. The molecule has 3 aromatic heterocycles. The molecule has 1 amide bonds. The van der Waals surface area contributed by atoms with Crippen molar-refractivity contribution >= 4 is 39.1 Å². The number of hydrogen-bond acceptors (Lipinski definition) is 6. The van der Waals surface area contributed by atoms with Crippen LogP contribution in [-0.4, -0.2) is 32.3 Å². The van der Waals surface area contributed by atoms with Crippen molar-refractivity contribution in [3.63, 3.8) is 0 Å². The smallest absolute Gasteiger partial charge is 0.329 e. The lowest BCUT2D eigenvalue weighted by Crippen LogP contribution is -2.42. The summed E-state index contributed by atoms with van der Waals surface area (Å²) < 4.78 is 7.17. The Labute approximate surface area is 193 Å². The van der Waals surface area contributed by atoms with Crippen LogP contribution in [-0.2, 0) is 40.2 Å². The highest BCUT2D eigenvalue weighted by atomic mass is 32.1. The molecule has 1 aromatic carbocycles. The van der Waals surface area contributed by atoms with Gasteiger partial charge in [0.2, 0.25) is 5.91 Å². The summed E-state index contributed by atoms with van der Waals surface area (Å²) in [5.41, 5.74) is 3.18. The van der Waals surface area contributed by atoms with E-state index in [4.69, 9.17) is 4.74 Å². The van der Waals surface area contributed by atoms with Crippen LogP contribution in [0.5, 0.6) is 0 Å². The number of aromatic amines is 1. The van der Waals surface area contributed by atoms with Gasteiger partial charge in [0.25, 0.3) is 5.56 Å². The fourth-order valence-corrected chi connectivity index (χ4v) is 5.65. The Balaban J connectivity index is 1.34. The monoisotopic (exact) mass is 464 g/mol. The summed E-state index contributed by atoms with van der Waals surface area (Å²) in [5, 5.41) is 3.67. The molecule has 8 nitrogen and oxygen atoms in total. The minimum absolute atomic E-state index is 0.128. The minimum atomic E-state index is -0.847. The van der Waals surface area contributed by atoms with E-state index in [1.807, 2.05) is 30.5 Å². The summed E-state index contributed by atoms with van der Waals surface area (Å²) in [6.07, 6.45) is 6.18. The first kappa shape index (κ1) is 21.4. The zero-order valence-corrected chi connectivity index (χ0v) is 19.0. The van der Waals surface area contributed by atoms with Crippen molar-refractivity contribution in [1.29, 1.82) is 0 Å². The quantitative estimate of drug-likeness (QED) is 0.427. The number of H-pyrrole nitrogens is 1. The molecule has 170 valence electrons. The fourth-order valence-electron chi connectivity index (χ4n) is 4.42. The standard InChI is InChI=1S/C24H24N4O4S/c1-14(29)26-19(10-15-12-25-18-7-3-2-6-17(15)18)23(31)32-13-16-11-22(30)28-20-8-4-5-9-21(20)33-24(28)27-16/h2-3,6-7,11-12,19,25H,4-5,8-10,13H2,1H3,(H,26,29)/t19-/m1/s1. The van der Waals surface area contributed by atoms with Gasteiger partial charge < -0.3 is 15.0 Å². The zero-order chi connectivity index (χ0) is 22.9. The summed E-state index contributed by atoms with van der Waals surface area (Å²) in [7, 11) is 0. The van der Waals surface area contributed by atoms with Gasteiger partial charge in [-0.3, -0.25) is 14.0 Å². The average molecular weight is 465 g/mol.